The van der Waals surface area contributed by atoms with E-state index in [-0.39, 0.29) is 6.10 Å². The average Bonchev–Trinajstić information content (AvgIpc) is 2.95. The van der Waals surface area contributed by atoms with Gasteiger partial charge in [-0.1, -0.05) is 19.4 Å². The molecule has 0 saturated heterocycles. The van der Waals surface area contributed by atoms with Crippen molar-refractivity contribution >= 4 is 0 Å². The lowest BCUT2D eigenvalue weighted by Gasteiger charge is -2.19. The highest BCUT2D eigenvalue weighted by Gasteiger charge is 2.29. The number of fused-ring (bicyclic) bond motifs is 1. The van der Waals surface area contributed by atoms with E-state index in [2.05, 4.69) is 13.0 Å². The first kappa shape index (κ1) is 11.1. The van der Waals surface area contributed by atoms with E-state index >= 15 is 0 Å². The standard InChI is InChI=1S/C15H20O2/c1-10-2-3-12(8-10)15(16)13-4-5-14-11(9-13)6-7-17-14/h4-5,9-10,12,15-16H,2-3,6-8H2,1H3. The van der Waals surface area contributed by atoms with Crippen molar-refractivity contribution < 1.29 is 9.84 Å². The lowest BCUT2D eigenvalue weighted by atomic mass is 9.92. The zero-order chi connectivity index (χ0) is 11.8. The van der Waals surface area contributed by atoms with Crippen molar-refractivity contribution in [1.82, 2.24) is 0 Å². The van der Waals surface area contributed by atoms with Crippen molar-refractivity contribution in [3.05, 3.63) is 29.3 Å². The Labute approximate surface area is 103 Å². The zero-order valence-corrected chi connectivity index (χ0v) is 10.4. The Morgan fingerprint density at radius 3 is 3.00 bits per heavy atom. The van der Waals surface area contributed by atoms with Gasteiger partial charge in [-0.05, 0) is 47.9 Å². The SMILES string of the molecule is CC1CCC(C(O)c2ccc3c(c2)CCO3)C1. The maximum absolute atomic E-state index is 10.4. The van der Waals surface area contributed by atoms with Crippen LogP contribution in [0.25, 0.3) is 0 Å². The normalized spacial score (nSPS) is 28.8. The minimum Gasteiger partial charge on any atom is -0.493 e. The number of hydrogen-bond donors (Lipinski definition) is 1. The molecule has 1 N–H and O–H groups in total. The van der Waals surface area contributed by atoms with Gasteiger partial charge in [-0.2, -0.15) is 0 Å². The molecular formula is C15H20O2. The van der Waals surface area contributed by atoms with Gasteiger partial charge in [-0.3, -0.25) is 0 Å². The molecule has 1 aromatic carbocycles. The Morgan fingerprint density at radius 2 is 2.24 bits per heavy atom. The molecule has 0 spiro atoms. The molecule has 1 fully saturated rings. The number of benzene rings is 1. The second-order valence-electron chi connectivity index (χ2n) is 5.59. The molecule has 1 aromatic rings. The summed E-state index contributed by atoms with van der Waals surface area (Å²) in [5, 5.41) is 10.4. The van der Waals surface area contributed by atoms with Gasteiger partial charge in [0, 0.05) is 6.42 Å². The summed E-state index contributed by atoms with van der Waals surface area (Å²) in [6, 6.07) is 6.17. The average molecular weight is 232 g/mol. The van der Waals surface area contributed by atoms with Crippen LogP contribution in [0, 0.1) is 11.8 Å². The molecule has 2 aliphatic rings. The van der Waals surface area contributed by atoms with Crippen molar-refractivity contribution in [3.8, 4) is 5.75 Å². The van der Waals surface area contributed by atoms with Crippen molar-refractivity contribution in [3.63, 3.8) is 0 Å². The monoisotopic (exact) mass is 232 g/mol. The number of aliphatic hydroxyl groups excluding tert-OH is 1. The van der Waals surface area contributed by atoms with Crippen LogP contribution in [0.1, 0.15) is 43.4 Å². The highest BCUT2D eigenvalue weighted by atomic mass is 16.5. The lowest BCUT2D eigenvalue weighted by molar-refractivity contribution is 0.109. The summed E-state index contributed by atoms with van der Waals surface area (Å²) in [4.78, 5) is 0. The van der Waals surface area contributed by atoms with Gasteiger partial charge in [0.15, 0.2) is 0 Å². The van der Waals surface area contributed by atoms with Crippen LogP contribution in [0.15, 0.2) is 18.2 Å². The predicted molar refractivity (Wildman–Crippen MR) is 67.1 cm³/mol. The molecule has 1 aliphatic heterocycles. The van der Waals surface area contributed by atoms with E-state index in [1.54, 1.807) is 0 Å². The number of ether oxygens (including phenoxy) is 1. The first-order chi connectivity index (χ1) is 8.24. The van der Waals surface area contributed by atoms with Crippen LogP contribution >= 0.6 is 0 Å². The van der Waals surface area contributed by atoms with Crippen molar-refractivity contribution in [2.24, 2.45) is 11.8 Å². The lowest BCUT2D eigenvalue weighted by Crippen LogP contribution is -2.09. The summed E-state index contributed by atoms with van der Waals surface area (Å²) in [6.07, 6.45) is 4.28. The van der Waals surface area contributed by atoms with Gasteiger partial charge in [-0.15, -0.1) is 0 Å². The molecule has 1 heterocycles. The van der Waals surface area contributed by atoms with E-state index in [1.165, 1.54) is 12.0 Å². The molecule has 17 heavy (non-hydrogen) atoms. The van der Waals surface area contributed by atoms with Crippen LogP contribution in [0.3, 0.4) is 0 Å². The van der Waals surface area contributed by atoms with Crippen LogP contribution in [-0.2, 0) is 6.42 Å². The molecule has 3 unspecified atom stereocenters. The maximum atomic E-state index is 10.4. The third kappa shape index (κ3) is 2.06. The topological polar surface area (TPSA) is 29.5 Å². The van der Waals surface area contributed by atoms with E-state index in [0.29, 0.717) is 5.92 Å². The largest absolute Gasteiger partial charge is 0.493 e. The van der Waals surface area contributed by atoms with Crippen LogP contribution in [0.5, 0.6) is 5.75 Å². The summed E-state index contributed by atoms with van der Waals surface area (Å²) >= 11 is 0. The van der Waals surface area contributed by atoms with Crippen LogP contribution < -0.4 is 4.74 Å². The molecule has 1 aliphatic carbocycles. The molecule has 3 atom stereocenters. The molecule has 2 nitrogen and oxygen atoms in total. The first-order valence-corrected chi connectivity index (χ1v) is 6.67. The fourth-order valence-corrected chi connectivity index (χ4v) is 3.20. The van der Waals surface area contributed by atoms with E-state index in [9.17, 15) is 5.11 Å². The summed E-state index contributed by atoms with van der Waals surface area (Å²) in [5.41, 5.74) is 2.33. The molecule has 92 valence electrons. The highest BCUT2D eigenvalue weighted by molar-refractivity contribution is 5.40. The van der Waals surface area contributed by atoms with E-state index < -0.39 is 0 Å². The van der Waals surface area contributed by atoms with Gasteiger partial charge >= 0.3 is 0 Å². The fraction of sp³-hybridized carbons (Fsp3) is 0.600. The van der Waals surface area contributed by atoms with Crippen molar-refractivity contribution in [2.75, 3.05) is 6.61 Å². The predicted octanol–water partition coefficient (Wildman–Crippen LogP) is 3.09. The van der Waals surface area contributed by atoms with E-state index in [0.717, 1.165) is 43.1 Å². The minimum atomic E-state index is -0.286. The molecule has 1 saturated carbocycles. The Morgan fingerprint density at radius 1 is 1.35 bits per heavy atom. The van der Waals surface area contributed by atoms with E-state index in [1.807, 2.05) is 12.1 Å². The van der Waals surface area contributed by atoms with Crippen molar-refractivity contribution in [1.29, 1.82) is 0 Å². The molecule has 0 radical (unpaired) electrons. The summed E-state index contributed by atoms with van der Waals surface area (Å²) < 4.78 is 5.49. The van der Waals surface area contributed by atoms with Gasteiger partial charge in [0.1, 0.15) is 5.75 Å². The summed E-state index contributed by atoms with van der Waals surface area (Å²) in [7, 11) is 0. The second kappa shape index (κ2) is 4.34. The van der Waals surface area contributed by atoms with Crippen LogP contribution in [0.2, 0.25) is 0 Å². The summed E-state index contributed by atoms with van der Waals surface area (Å²) in [6.45, 7) is 3.07. The third-order valence-electron chi connectivity index (χ3n) is 4.24. The Hall–Kier alpha value is -1.02. The molecule has 3 rings (SSSR count). The molecule has 0 aromatic heterocycles. The Bertz CT molecular complexity index is 413. The summed E-state index contributed by atoms with van der Waals surface area (Å²) in [5.74, 6) is 2.22. The number of rotatable bonds is 2. The number of hydrogen-bond acceptors (Lipinski definition) is 2. The van der Waals surface area contributed by atoms with Gasteiger partial charge in [-0.25, -0.2) is 0 Å². The zero-order valence-electron chi connectivity index (χ0n) is 10.4. The van der Waals surface area contributed by atoms with E-state index in [4.69, 9.17) is 4.74 Å². The van der Waals surface area contributed by atoms with Gasteiger partial charge in [0.05, 0.1) is 12.7 Å². The third-order valence-corrected chi connectivity index (χ3v) is 4.24. The molecule has 0 amide bonds. The maximum Gasteiger partial charge on any atom is 0.122 e. The fourth-order valence-electron chi connectivity index (χ4n) is 3.20. The quantitative estimate of drug-likeness (QED) is 0.849. The smallest absolute Gasteiger partial charge is 0.122 e. The van der Waals surface area contributed by atoms with Crippen LogP contribution in [0.4, 0.5) is 0 Å². The number of aliphatic hydroxyl groups is 1. The Kier molecular flexibility index (Phi) is 2.83. The van der Waals surface area contributed by atoms with Gasteiger partial charge in [0.25, 0.3) is 0 Å². The highest BCUT2D eigenvalue weighted by Crippen LogP contribution is 2.40. The second-order valence-corrected chi connectivity index (χ2v) is 5.59. The Balaban J connectivity index is 1.79. The van der Waals surface area contributed by atoms with Gasteiger partial charge < -0.3 is 9.84 Å². The molecule has 2 heteroatoms. The van der Waals surface area contributed by atoms with Gasteiger partial charge in [0.2, 0.25) is 0 Å². The van der Waals surface area contributed by atoms with Crippen LogP contribution in [-0.4, -0.2) is 11.7 Å². The van der Waals surface area contributed by atoms with Crippen molar-refractivity contribution in [2.45, 2.75) is 38.7 Å². The first-order valence-electron chi connectivity index (χ1n) is 6.67. The molecular weight excluding hydrogens is 212 g/mol. The molecule has 0 bridgehead atoms. The minimum absolute atomic E-state index is 0.286.